The molecule has 0 amide bonds. The number of aromatic nitrogens is 2. The Labute approximate surface area is 161 Å². The van der Waals surface area contributed by atoms with Crippen LogP contribution in [0, 0.1) is 6.92 Å². The molecule has 0 saturated carbocycles. The Morgan fingerprint density at radius 2 is 2.12 bits per heavy atom. The predicted octanol–water partition coefficient (Wildman–Crippen LogP) is 4.02. The molecule has 1 aromatic carbocycles. The predicted molar refractivity (Wildman–Crippen MR) is 111 cm³/mol. The first-order valence-electron chi connectivity index (χ1n) is 8.65. The van der Waals surface area contributed by atoms with Crippen molar-refractivity contribution >= 4 is 33.4 Å². The summed E-state index contributed by atoms with van der Waals surface area (Å²) in [6.45, 7) is 7.65. The smallest absolute Gasteiger partial charge is 0.211 e. The van der Waals surface area contributed by atoms with Crippen LogP contribution in [0.1, 0.15) is 16.0 Å². The van der Waals surface area contributed by atoms with Crippen molar-refractivity contribution in [3.63, 3.8) is 0 Å². The minimum absolute atomic E-state index is 0.105. The summed E-state index contributed by atoms with van der Waals surface area (Å²) in [6, 6.07) is 8.38. The number of nitrogens with zero attached hydrogens (tertiary/aromatic N) is 3. The molecule has 3 aromatic rings. The molecular formula is C20H21N3OS2. The molecule has 1 aliphatic heterocycles. The number of rotatable bonds is 4. The minimum Gasteiger partial charge on any atom is -0.301 e. The summed E-state index contributed by atoms with van der Waals surface area (Å²) in [4.78, 5) is 22.2. The van der Waals surface area contributed by atoms with Crippen molar-refractivity contribution in [3.05, 3.63) is 63.1 Å². The molecule has 0 fully saturated rings. The quantitative estimate of drug-likeness (QED) is 0.504. The molecule has 1 aliphatic rings. The summed E-state index contributed by atoms with van der Waals surface area (Å²) >= 11 is 3.32. The number of likely N-dealkylation sites (N-methyl/N-ethyl adjacent to an activating group) is 1. The fourth-order valence-electron chi connectivity index (χ4n) is 3.24. The Bertz CT molecular complexity index is 1030. The highest BCUT2D eigenvalue weighted by atomic mass is 32.2. The molecule has 6 heteroatoms. The molecule has 0 unspecified atom stereocenters. The Kier molecular flexibility index (Phi) is 4.73. The van der Waals surface area contributed by atoms with Crippen LogP contribution in [-0.4, -0.2) is 33.8 Å². The molecule has 0 aliphatic carbocycles. The Balaban J connectivity index is 1.99. The number of aryl methyl sites for hydroxylation is 1. The van der Waals surface area contributed by atoms with Crippen molar-refractivity contribution in [1.29, 1.82) is 0 Å². The highest BCUT2D eigenvalue weighted by molar-refractivity contribution is 7.99. The van der Waals surface area contributed by atoms with Gasteiger partial charge in [0.05, 0.1) is 0 Å². The van der Waals surface area contributed by atoms with Gasteiger partial charge in [-0.25, -0.2) is 4.98 Å². The topological polar surface area (TPSA) is 38.1 Å². The number of imidazole rings is 1. The standard InChI is InChI=1S/C20H21N3OS2/c1-4-11-25-20-21-17-18(24)15-9-10-22(3)12-16(15)26-19(17)23(20)14-7-5-13(2)6-8-14/h4-8H,1,9-12H2,2-3H3. The van der Waals surface area contributed by atoms with Gasteiger partial charge in [-0.15, -0.1) is 17.9 Å². The van der Waals surface area contributed by atoms with Gasteiger partial charge in [-0.3, -0.25) is 9.36 Å². The van der Waals surface area contributed by atoms with Crippen molar-refractivity contribution in [1.82, 2.24) is 14.5 Å². The first-order chi connectivity index (χ1) is 12.6. The SMILES string of the molecule is C=CCSc1nc2c(=O)c3c(sc2n1-c1ccc(C)cc1)CN(C)CC3. The average Bonchev–Trinajstić information content (AvgIpc) is 2.99. The second-order valence-corrected chi connectivity index (χ2v) is 8.71. The largest absolute Gasteiger partial charge is 0.301 e. The molecular weight excluding hydrogens is 362 g/mol. The van der Waals surface area contributed by atoms with Gasteiger partial charge in [0.2, 0.25) is 5.43 Å². The molecule has 4 nitrogen and oxygen atoms in total. The van der Waals surface area contributed by atoms with E-state index in [2.05, 4.69) is 54.3 Å². The van der Waals surface area contributed by atoms with Crippen LogP contribution in [0.15, 0.2) is 46.9 Å². The zero-order chi connectivity index (χ0) is 18.3. The van der Waals surface area contributed by atoms with E-state index in [9.17, 15) is 4.79 Å². The molecule has 26 heavy (non-hydrogen) atoms. The van der Waals surface area contributed by atoms with Crippen molar-refractivity contribution in [2.75, 3.05) is 19.3 Å². The molecule has 3 heterocycles. The zero-order valence-corrected chi connectivity index (χ0v) is 16.6. The second-order valence-electron chi connectivity index (χ2n) is 6.64. The van der Waals surface area contributed by atoms with Crippen LogP contribution in [0.5, 0.6) is 0 Å². The highest BCUT2D eigenvalue weighted by Gasteiger charge is 2.23. The first-order valence-corrected chi connectivity index (χ1v) is 10.4. The van der Waals surface area contributed by atoms with Gasteiger partial charge in [0.15, 0.2) is 5.16 Å². The van der Waals surface area contributed by atoms with Crippen LogP contribution in [0.3, 0.4) is 0 Å². The van der Waals surface area contributed by atoms with Gasteiger partial charge < -0.3 is 4.90 Å². The first kappa shape index (κ1) is 17.5. The fourth-order valence-corrected chi connectivity index (χ4v) is 5.40. The summed E-state index contributed by atoms with van der Waals surface area (Å²) in [5.41, 5.74) is 3.92. The van der Waals surface area contributed by atoms with Crippen molar-refractivity contribution in [2.45, 2.75) is 25.0 Å². The van der Waals surface area contributed by atoms with Crippen LogP contribution in [0.4, 0.5) is 0 Å². The third kappa shape index (κ3) is 3.02. The summed E-state index contributed by atoms with van der Waals surface area (Å²) in [5.74, 6) is 0.760. The lowest BCUT2D eigenvalue weighted by molar-refractivity contribution is 0.316. The van der Waals surface area contributed by atoms with E-state index in [-0.39, 0.29) is 5.43 Å². The average molecular weight is 384 g/mol. The van der Waals surface area contributed by atoms with E-state index in [1.807, 2.05) is 6.08 Å². The van der Waals surface area contributed by atoms with Gasteiger partial charge in [0.1, 0.15) is 10.3 Å². The highest BCUT2D eigenvalue weighted by Crippen LogP contribution is 2.32. The third-order valence-electron chi connectivity index (χ3n) is 4.63. The van der Waals surface area contributed by atoms with Crippen molar-refractivity contribution < 1.29 is 0 Å². The lowest BCUT2D eigenvalue weighted by atomic mass is 10.1. The number of hydrogen-bond acceptors (Lipinski definition) is 5. The van der Waals surface area contributed by atoms with Gasteiger partial charge in [0.25, 0.3) is 0 Å². The monoisotopic (exact) mass is 383 g/mol. The summed E-state index contributed by atoms with van der Waals surface area (Å²) < 4.78 is 2.13. The lowest BCUT2D eigenvalue weighted by Crippen LogP contribution is -2.30. The van der Waals surface area contributed by atoms with E-state index in [4.69, 9.17) is 4.98 Å². The van der Waals surface area contributed by atoms with Crippen LogP contribution in [0.25, 0.3) is 16.0 Å². The van der Waals surface area contributed by atoms with E-state index in [0.717, 1.165) is 46.5 Å². The maximum absolute atomic E-state index is 13.1. The normalized spacial score (nSPS) is 14.5. The molecule has 0 spiro atoms. The Morgan fingerprint density at radius 1 is 1.35 bits per heavy atom. The van der Waals surface area contributed by atoms with E-state index < -0.39 is 0 Å². The Hall–Kier alpha value is -1.89. The number of hydrogen-bond donors (Lipinski definition) is 0. The van der Waals surface area contributed by atoms with Gasteiger partial charge in [-0.2, -0.15) is 0 Å². The molecule has 0 radical (unpaired) electrons. The zero-order valence-electron chi connectivity index (χ0n) is 15.0. The summed E-state index contributed by atoms with van der Waals surface area (Å²) in [6.07, 6.45) is 2.68. The maximum Gasteiger partial charge on any atom is 0.211 e. The summed E-state index contributed by atoms with van der Waals surface area (Å²) in [7, 11) is 2.10. The van der Waals surface area contributed by atoms with E-state index in [0.29, 0.717) is 5.52 Å². The fraction of sp³-hybridized carbons (Fsp3) is 0.300. The van der Waals surface area contributed by atoms with E-state index >= 15 is 0 Å². The molecule has 0 saturated heterocycles. The molecule has 4 rings (SSSR count). The van der Waals surface area contributed by atoms with E-state index in [1.54, 1.807) is 23.1 Å². The van der Waals surface area contributed by atoms with Gasteiger partial charge in [0, 0.05) is 35.0 Å². The summed E-state index contributed by atoms with van der Waals surface area (Å²) in [5, 5.41) is 0.854. The number of fused-ring (bicyclic) bond motifs is 2. The van der Waals surface area contributed by atoms with Crippen molar-refractivity contribution in [2.24, 2.45) is 0 Å². The van der Waals surface area contributed by atoms with Crippen LogP contribution < -0.4 is 5.43 Å². The maximum atomic E-state index is 13.1. The molecule has 134 valence electrons. The Morgan fingerprint density at radius 3 is 2.85 bits per heavy atom. The molecule has 0 atom stereocenters. The molecule has 0 N–H and O–H groups in total. The van der Waals surface area contributed by atoms with E-state index in [1.165, 1.54) is 10.4 Å². The third-order valence-corrected chi connectivity index (χ3v) is 6.76. The van der Waals surface area contributed by atoms with Gasteiger partial charge in [-0.05, 0) is 32.5 Å². The number of benzene rings is 1. The second kappa shape index (κ2) is 7.02. The van der Waals surface area contributed by atoms with Crippen molar-refractivity contribution in [3.8, 4) is 5.69 Å². The molecule has 2 aromatic heterocycles. The van der Waals surface area contributed by atoms with Gasteiger partial charge in [-0.1, -0.05) is 35.5 Å². The van der Waals surface area contributed by atoms with Gasteiger partial charge >= 0.3 is 0 Å². The molecule has 0 bridgehead atoms. The van der Waals surface area contributed by atoms with Crippen LogP contribution in [0.2, 0.25) is 0 Å². The number of thioether (sulfide) groups is 1. The lowest BCUT2D eigenvalue weighted by Gasteiger charge is -2.23. The minimum atomic E-state index is 0.105. The van der Waals surface area contributed by atoms with Crippen LogP contribution >= 0.6 is 23.1 Å². The van der Waals surface area contributed by atoms with Crippen LogP contribution in [-0.2, 0) is 13.0 Å².